The fourth-order valence-corrected chi connectivity index (χ4v) is 3.59. The number of halogens is 2. The van der Waals surface area contributed by atoms with Crippen molar-refractivity contribution in [3.63, 3.8) is 0 Å². The number of benzene rings is 2. The van der Waals surface area contributed by atoms with Crippen molar-refractivity contribution in [2.24, 2.45) is 0 Å². The van der Waals surface area contributed by atoms with Gasteiger partial charge in [-0.3, -0.25) is 4.90 Å². The smallest absolute Gasteiger partial charge is 0.341 e. The number of esters is 1. The molecule has 0 N–H and O–H groups in total. The van der Waals surface area contributed by atoms with Crippen LogP contribution in [0.2, 0.25) is 5.02 Å². The van der Waals surface area contributed by atoms with Crippen molar-refractivity contribution >= 4 is 17.6 Å². The average molecular weight is 420 g/mol. The van der Waals surface area contributed by atoms with Crippen molar-refractivity contribution in [3.05, 3.63) is 64.4 Å². The van der Waals surface area contributed by atoms with Crippen LogP contribution >= 0.6 is 11.6 Å². The van der Waals surface area contributed by atoms with Gasteiger partial charge in [-0.15, -0.1) is 0 Å². The molecule has 6 heteroatoms. The molecule has 0 aliphatic carbocycles. The molecule has 3 rings (SSSR count). The Hall–Kier alpha value is -2.11. The van der Waals surface area contributed by atoms with Crippen LogP contribution in [0.25, 0.3) is 0 Å². The molecule has 0 radical (unpaired) electrons. The van der Waals surface area contributed by atoms with Crippen LogP contribution < -0.4 is 4.74 Å². The van der Waals surface area contributed by atoms with Gasteiger partial charge in [0.15, 0.2) is 0 Å². The first-order chi connectivity index (χ1) is 13.7. The number of carbonyl (C=O) groups is 1. The van der Waals surface area contributed by atoms with Crippen LogP contribution in [0.3, 0.4) is 0 Å². The highest BCUT2D eigenvalue weighted by Gasteiger charge is 2.25. The molecule has 156 valence electrons. The average Bonchev–Trinajstić information content (AvgIpc) is 2.64. The van der Waals surface area contributed by atoms with Gasteiger partial charge in [0.1, 0.15) is 23.3 Å². The quantitative estimate of drug-likeness (QED) is 0.602. The number of rotatable bonds is 5. The lowest BCUT2D eigenvalue weighted by Gasteiger charge is -2.33. The summed E-state index contributed by atoms with van der Waals surface area (Å²) in [6.45, 7) is 7.76. The van der Waals surface area contributed by atoms with E-state index in [1.54, 1.807) is 20.8 Å². The third kappa shape index (κ3) is 6.18. The lowest BCUT2D eigenvalue weighted by molar-refractivity contribution is 0.00646. The summed E-state index contributed by atoms with van der Waals surface area (Å²) in [5.74, 6) is -1.19. The number of hydrogen-bond donors (Lipinski definition) is 0. The monoisotopic (exact) mass is 419 g/mol. The van der Waals surface area contributed by atoms with Gasteiger partial charge in [0, 0.05) is 19.2 Å². The highest BCUT2D eigenvalue weighted by atomic mass is 35.5. The van der Waals surface area contributed by atoms with Gasteiger partial charge in [0.05, 0.1) is 10.6 Å². The van der Waals surface area contributed by atoms with E-state index in [2.05, 4.69) is 17.0 Å². The van der Waals surface area contributed by atoms with Gasteiger partial charge in [-0.1, -0.05) is 41.9 Å². The predicted octanol–water partition coefficient (Wildman–Crippen LogP) is 5.48. The molecule has 1 unspecified atom stereocenters. The van der Waals surface area contributed by atoms with Crippen molar-refractivity contribution in [1.29, 1.82) is 0 Å². The van der Waals surface area contributed by atoms with Crippen LogP contribution in [0.1, 0.15) is 49.5 Å². The Morgan fingerprint density at radius 2 is 1.97 bits per heavy atom. The van der Waals surface area contributed by atoms with Crippen LogP contribution in [0, 0.1) is 5.82 Å². The summed E-state index contributed by atoms with van der Waals surface area (Å²) >= 11 is 6.29. The minimum atomic E-state index is -0.741. The molecule has 2 aromatic rings. The summed E-state index contributed by atoms with van der Waals surface area (Å²) < 4.78 is 25.8. The van der Waals surface area contributed by atoms with E-state index < -0.39 is 17.4 Å². The van der Waals surface area contributed by atoms with Crippen molar-refractivity contribution in [1.82, 2.24) is 4.90 Å². The predicted molar refractivity (Wildman–Crippen MR) is 112 cm³/mol. The summed E-state index contributed by atoms with van der Waals surface area (Å²) in [6.07, 6.45) is 1.78. The van der Waals surface area contributed by atoms with Gasteiger partial charge in [0.25, 0.3) is 0 Å². The van der Waals surface area contributed by atoms with E-state index in [-0.39, 0.29) is 22.4 Å². The van der Waals surface area contributed by atoms with Crippen LogP contribution in [-0.2, 0) is 11.3 Å². The van der Waals surface area contributed by atoms with Crippen LogP contribution in [0.5, 0.6) is 5.75 Å². The van der Waals surface area contributed by atoms with Crippen LogP contribution in [0.15, 0.2) is 42.5 Å². The molecule has 4 nitrogen and oxygen atoms in total. The summed E-state index contributed by atoms with van der Waals surface area (Å²) in [6, 6.07) is 12.7. The molecule has 1 atom stereocenters. The second kappa shape index (κ2) is 9.14. The first-order valence-corrected chi connectivity index (χ1v) is 10.2. The molecule has 0 aromatic heterocycles. The zero-order valence-electron chi connectivity index (χ0n) is 17.1. The Morgan fingerprint density at radius 3 is 2.66 bits per heavy atom. The Bertz CT molecular complexity index is 851. The second-order valence-electron chi connectivity index (χ2n) is 8.37. The van der Waals surface area contributed by atoms with E-state index >= 15 is 0 Å². The van der Waals surface area contributed by atoms with E-state index in [9.17, 15) is 9.18 Å². The standard InChI is InChI=1S/C23H27ClFNO3/c1-23(2,3)29-22(27)18-12-19(24)21(13-20(18)25)28-17-10-7-11-26(15-17)14-16-8-5-4-6-9-16/h4-6,8-9,12-13,17H,7,10-11,14-15H2,1-3H3. The van der Waals surface area contributed by atoms with Gasteiger partial charge >= 0.3 is 5.97 Å². The summed E-state index contributed by atoms with van der Waals surface area (Å²) in [4.78, 5) is 14.5. The highest BCUT2D eigenvalue weighted by Crippen LogP contribution is 2.31. The zero-order chi connectivity index (χ0) is 21.0. The normalized spacial score (nSPS) is 17.8. The number of carbonyl (C=O) groups excluding carboxylic acids is 1. The summed E-state index contributed by atoms with van der Waals surface area (Å²) in [7, 11) is 0. The Labute approximate surface area is 176 Å². The molecular weight excluding hydrogens is 393 g/mol. The lowest BCUT2D eigenvalue weighted by atomic mass is 10.1. The minimum absolute atomic E-state index is 0.0864. The SMILES string of the molecule is CC(C)(C)OC(=O)c1cc(Cl)c(OC2CCCN(Cc3ccccc3)C2)cc1F. The highest BCUT2D eigenvalue weighted by molar-refractivity contribution is 6.32. The van der Waals surface area contributed by atoms with Gasteiger partial charge in [0.2, 0.25) is 0 Å². The molecule has 1 heterocycles. The van der Waals surface area contributed by atoms with E-state index in [4.69, 9.17) is 21.1 Å². The molecule has 2 aromatic carbocycles. The minimum Gasteiger partial charge on any atom is -0.487 e. The number of nitrogens with zero attached hydrogens (tertiary/aromatic N) is 1. The molecular formula is C23H27ClFNO3. The van der Waals surface area contributed by atoms with Gasteiger partial charge < -0.3 is 9.47 Å². The Kier molecular flexibility index (Phi) is 6.81. The van der Waals surface area contributed by atoms with Crippen molar-refractivity contribution in [2.45, 2.75) is 51.9 Å². The fraction of sp³-hybridized carbons (Fsp3) is 0.435. The largest absolute Gasteiger partial charge is 0.487 e. The van der Waals surface area contributed by atoms with Crippen LogP contribution in [0.4, 0.5) is 4.39 Å². The van der Waals surface area contributed by atoms with E-state index in [1.165, 1.54) is 17.7 Å². The second-order valence-corrected chi connectivity index (χ2v) is 8.77. The first-order valence-electron chi connectivity index (χ1n) is 9.86. The number of hydrogen-bond acceptors (Lipinski definition) is 4. The zero-order valence-corrected chi connectivity index (χ0v) is 17.8. The van der Waals surface area contributed by atoms with E-state index in [0.717, 1.165) is 32.5 Å². The third-order valence-corrected chi connectivity index (χ3v) is 4.94. The fourth-order valence-electron chi connectivity index (χ4n) is 3.38. The van der Waals surface area contributed by atoms with Crippen molar-refractivity contribution < 1.29 is 18.7 Å². The number of piperidine rings is 1. The maximum absolute atomic E-state index is 14.5. The van der Waals surface area contributed by atoms with E-state index in [0.29, 0.717) is 0 Å². The number of ether oxygens (including phenoxy) is 2. The molecule has 1 aliphatic heterocycles. The van der Waals surface area contributed by atoms with Gasteiger partial charge in [-0.25, -0.2) is 9.18 Å². The Balaban J connectivity index is 1.66. The van der Waals surface area contributed by atoms with Gasteiger partial charge in [-0.2, -0.15) is 0 Å². The van der Waals surface area contributed by atoms with E-state index in [1.807, 2.05) is 18.2 Å². The molecule has 1 saturated heterocycles. The molecule has 0 saturated carbocycles. The van der Waals surface area contributed by atoms with Crippen molar-refractivity contribution in [3.8, 4) is 5.75 Å². The number of likely N-dealkylation sites (tertiary alicyclic amines) is 1. The Morgan fingerprint density at radius 1 is 1.24 bits per heavy atom. The molecule has 1 aliphatic rings. The summed E-state index contributed by atoms with van der Waals surface area (Å²) in [5, 5.41) is 0.201. The molecule has 0 spiro atoms. The first kappa shape index (κ1) is 21.6. The topological polar surface area (TPSA) is 38.8 Å². The molecule has 1 fully saturated rings. The van der Waals surface area contributed by atoms with Crippen LogP contribution in [-0.4, -0.2) is 35.7 Å². The molecule has 0 amide bonds. The van der Waals surface area contributed by atoms with Gasteiger partial charge in [-0.05, 0) is 51.8 Å². The third-order valence-electron chi connectivity index (χ3n) is 4.65. The summed E-state index contributed by atoms with van der Waals surface area (Å²) in [5.41, 5.74) is 0.348. The lowest BCUT2D eigenvalue weighted by Crippen LogP contribution is -2.40. The molecule has 29 heavy (non-hydrogen) atoms. The maximum atomic E-state index is 14.5. The van der Waals surface area contributed by atoms with Crippen molar-refractivity contribution in [2.75, 3.05) is 13.1 Å². The molecule has 0 bridgehead atoms. The maximum Gasteiger partial charge on any atom is 0.341 e.